The van der Waals surface area contributed by atoms with Gasteiger partial charge in [0.05, 0.1) is 6.61 Å². The van der Waals surface area contributed by atoms with Gasteiger partial charge in [0, 0.05) is 56.5 Å². The smallest absolute Gasteiger partial charge is 0.500 e. The van der Waals surface area contributed by atoms with Crippen LogP contribution in [0.5, 0.6) is 23.0 Å². The van der Waals surface area contributed by atoms with Crippen molar-refractivity contribution >= 4 is 33.0 Å². The Kier molecular flexibility index (Phi) is 18.5. The quantitative estimate of drug-likeness (QED) is 0.0323. The summed E-state index contributed by atoms with van der Waals surface area (Å²) >= 11 is 1.37. The molecule has 0 saturated carbocycles. The number of ether oxygens (including phenoxy) is 2. The van der Waals surface area contributed by atoms with Gasteiger partial charge in [-0.1, -0.05) is 48.5 Å². The largest absolute Gasteiger partial charge is 0.508 e. The maximum atomic E-state index is 12.8. The zero-order chi connectivity index (χ0) is 40.2. The first-order chi connectivity index (χ1) is 27.2. The topological polar surface area (TPSA) is 154 Å². The SMILES string of the molecule is CCOSCCCNC(=O)Oc1ccc(C(c2ccc(O)cc2)C(c2ccc(O)cc2)c2ccc(OC(=O)NCCC[Si](OCC)(OCC)OCC)cc2)cc1. The van der Waals surface area contributed by atoms with Gasteiger partial charge in [-0.3, -0.25) is 0 Å². The molecule has 14 heteroatoms. The number of phenols is 2. The molecule has 0 spiro atoms. The van der Waals surface area contributed by atoms with Crippen LogP contribution in [0, 0.1) is 0 Å². The Bertz CT molecular complexity index is 1730. The van der Waals surface area contributed by atoms with Gasteiger partial charge in [0.1, 0.15) is 23.0 Å². The highest BCUT2D eigenvalue weighted by atomic mass is 32.2. The van der Waals surface area contributed by atoms with Crippen molar-refractivity contribution < 1.29 is 46.7 Å². The molecule has 0 saturated heterocycles. The second-order valence-corrected chi connectivity index (χ2v) is 16.2. The van der Waals surface area contributed by atoms with E-state index in [2.05, 4.69) is 10.6 Å². The van der Waals surface area contributed by atoms with Gasteiger partial charge in [-0.15, -0.1) is 0 Å². The number of amides is 2. The lowest BCUT2D eigenvalue weighted by molar-refractivity contribution is 0.0707. The normalized spacial score (nSPS) is 12.4. The van der Waals surface area contributed by atoms with Crippen LogP contribution in [-0.4, -0.2) is 76.5 Å². The third-order valence-corrected chi connectivity index (χ3v) is 12.6. The predicted octanol–water partition coefficient (Wildman–Crippen LogP) is 8.75. The first-order valence-corrected chi connectivity index (χ1v) is 21.9. The Morgan fingerprint density at radius 3 is 1.32 bits per heavy atom. The molecule has 0 aliphatic carbocycles. The molecular formula is C42H54N2O10SSi. The first kappa shape index (κ1) is 44.1. The van der Waals surface area contributed by atoms with Gasteiger partial charge in [-0.05, 0) is 123 Å². The number of hydrogen-bond donors (Lipinski definition) is 4. The standard InChI is InChI=1S/C42H54N2O10SSi/c1-5-49-55-29-9-27-43-41(47)53-37-23-15-33(16-24-37)39(31-11-19-35(45)20-12-31)40(32-13-21-36(46)22-14-32)34-17-25-38(26-18-34)54-42(48)44-28-10-30-56(50-6-2,51-7-3)52-8-4/h11-26,39-40,45-46H,5-10,27-30H2,1-4H3,(H,43,47)(H,44,48). The minimum atomic E-state index is -2.81. The van der Waals surface area contributed by atoms with Gasteiger partial charge in [0.2, 0.25) is 0 Å². The summed E-state index contributed by atoms with van der Waals surface area (Å²) < 4.78 is 34.2. The van der Waals surface area contributed by atoms with Crippen LogP contribution < -0.4 is 20.1 Å². The fourth-order valence-electron chi connectivity index (χ4n) is 6.25. The van der Waals surface area contributed by atoms with Crippen LogP contribution in [0.1, 0.15) is 74.6 Å². The minimum Gasteiger partial charge on any atom is -0.508 e. The molecule has 0 aromatic heterocycles. The van der Waals surface area contributed by atoms with Crippen LogP contribution in [0.2, 0.25) is 6.04 Å². The third-order valence-electron chi connectivity index (χ3n) is 8.63. The summed E-state index contributed by atoms with van der Waals surface area (Å²) in [5.41, 5.74) is 3.66. The van der Waals surface area contributed by atoms with Crippen molar-refractivity contribution in [2.24, 2.45) is 0 Å². The van der Waals surface area contributed by atoms with Crippen molar-refractivity contribution in [2.75, 3.05) is 45.3 Å². The van der Waals surface area contributed by atoms with Gasteiger partial charge in [-0.25, -0.2) is 9.59 Å². The van der Waals surface area contributed by atoms with Crippen molar-refractivity contribution in [3.05, 3.63) is 119 Å². The molecule has 4 aromatic rings. The molecule has 4 aromatic carbocycles. The highest BCUT2D eigenvalue weighted by molar-refractivity contribution is 7.94. The molecule has 0 fully saturated rings. The number of phenolic OH excluding ortho intramolecular Hbond substituents is 2. The zero-order valence-electron chi connectivity index (χ0n) is 32.5. The maximum absolute atomic E-state index is 12.8. The molecule has 4 rings (SSSR count). The Balaban J connectivity index is 1.52. The van der Waals surface area contributed by atoms with Crippen LogP contribution in [0.3, 0.4) is 0 Å². The van der Waals surface area contributed by atoms with Crippen LogP contribution in [0.4, 0.5) is 9.59 Å². The van der Waals surface area contributed by atoms with E-state index in [0.29, 0.717) is 63.5 Å². The van der Waals surface area contributed by atoms with E-state index < -0.39 is 21.0 Å². The van der Waals surface area contributed by atoms with Crippen LogP contribution >= 0.6 is 12.0 Å². The van der Waals surface area contributed by atoms with E-state index in [-0.39, 0.29) is 23.3 Å². The summed E-state index contributed by atoms with van der Waals surface area (Å²) in [5.74, 6) is 1.21. The van der Waals surface area contributed by atoms with Crippen LogP contribution in [0.25, 0.3) is 0 Å². The molecule has 302 valence electrons. The summed E-state index contributed by atoms with van der Waals surface area (Å²) in [4.78, 5) is 25.3. The van der Waals surface area contributed by atoms with E-state index in [1.165, 1.54) is 12.0 Å². The zero-order valence-corrected chi connectivity index (χ0v) is 34.3. The molecule has 12 nitrogen and oxygen atoms in total. The van der Waals surface area contributed by atoms with Crippen molar-refractivity contribution in [3.63, 3.8) is 0 Å². The van der Waals surface area contributed by atoms with Gasteiger partial charge < -0.3 is 47.8 Å². The average Bonchev–Trinajstić information content (AvgIpc) is 3.19. The third kappa shape index (κ3) is 13.9. The Morgan fingerprint density at radius 2 is 0.946 bits per heavy atom. The van der Waals surface area contributed by atoms with E-state index in [9.17, 15) is 19.8 Å². The second-order valence-electron chi connectivity index (χ2n) is 12.6. The van der Waals surface area contributed by atoms with Crippen molar-refractivity contribution in [1.29, 1.82) is 0 Å². The maximum Gasteiger partial charge on any atom is 0.500 e. The van der Waals surface area contributed by atoms with Gasteiger partial charge in [-0.2, -0.15) is 0 Å². The lowest BCUT2D eigenvalue weighted by Gasteiger charge is -2.30. The molecule has 0 heterocycles. The molecule has 0 bridgehead atoms. The molecule has 2 atom stereocenters. The lowest BCUT2D eigenvalue weighted by atomic mass is 9.73. The lowest BCUT2D eigenvalue weighted by Crippen LogP contribution is -2.46. The number of nitrogens with one attached hydrogen (secondary N) is 2. The summed E-state index contributed by atoms with van der Waals surface area (Å²) in [5, 5.41) is 25.9. The molecule has 4 N–H and O–H groups in total. The number of rotatable bonds is 23. The molecule has 0 aliphatic heterocycles. The van der Waals surface area contributed by atoms with Crippen molar-refractivity contribution in [2.45, 2.75) is 58.4 Å². The minimum absolute atomic E-state index is 0.137. The number of hydrogen-bond acceptors (Lipinski definition) is 11. The fraction of sp³-hybridized carbons (Fsp3) is 0.381. The Hall–Kier alpha value is -4.57. The monoisotopic (exact) mass is 806 g/mol. The van der Waals surface area contributed by atoms with E-state index >= 15 is 0 Å². The predicted molar refractivity (Wildman–Crippen MR) is 220 cm³/mol. The summed E-state index contributed by atoms with van der Waals surface area (Å²) in [7, 11) is -2.81. The molecule has 0 aliphatic rings. The summed E-state index contributed by atoms with van der Waals surface area (Å²) in [6.45, 7) is 10.6. The molecule has 56 heavy (non-hydrogen) atoms. The molecule has 2 unspecified atom stereocenters. The number of benzene rings is 4. The van der Waals surface area contributed by atoms with E-state index in [0.717, 1.165) is 34.4 Å². The first-order valence-electron chi connectivity index (χ1n) is 19.1. The Morgan fingerprint density at radius 1 is 0.571 bits per heavy atom. The highest BCUT2D eigenvalue weighted by Crippen LogP contribution is 2.44. The second kappa shape index (κ2) is 23.5. The Labute approximate surface area is 335 Å². The van der Waals surface area contributed by atoms with E-state index in [1.807, 2.05) is 76.2 Å². The van der Waals surface area contributed by atoms with Gasteiger partial charge >= 0.3 is 21.0 Å². The summed E-state index contributed by atoms with van der Waals surface area (Å²) in [6, 6.07) is 29.3. The highest BCUT2D eigenvalue weighted by Gasteiger charge is 2.39. The number of aromatic hydroxyl groups is 2. The summed E-state index contributed by atoms with van der Waals surface area (Å²) in [6.07, 6.45) is 0.221. The molecular weight excluding hydrogens is 753 g/mol. The fourth-order valence-corrected chi connectivity index (χ4v) is 9.41. The number of carbonyl (C=O) groups is 2. The van der Waals surface area contributed by atoms with Gasteiger partial charge in [0.15, 0.2) is 0 Å². The van der Waals surface area contributed by atoms with Crippen molar-refractivity contribution in [1.82, 2.24) is 10.6 Å². The van der Waals surface area contributed by atoms with E-state index in [4.69, 9.17) is 26.9 Å². The average molecular weight is 807 g/mol. The molecule has 2 amide bonds. The van der Waals surface area contributed by atoms with Crippen molar-refractivity contribution in [3.8, 4) is 23.0 Å². The van der Waals surface area contributed by atoms with Crippen LogP contribution in [-0.2, 0) is 17.5 Å². The number of carbonyl (C=O) groups excluding carboxylic acids is 2. The van der Waals surface area contributed by atoms with Gasteiger partial charge in [0.25, 0.3) is 0 Å². The van der Waals surface area contributed by atoms with E-state index in [1.54, 1.807) is 48.5 Å². The van der Waals surface area contributed by atoms with Crippen LogP contribution in [0.15, 0.2) is 97.1 Å². The molecule has 0 radical (unpaired) electrons.